The van der Waals surface area contributed by atoms with Gasteiger partial charge in [-0.2, -0.15) is 0 Å². The van der Waals surface area contributed by atoms with Gasteiger partial charge in [0.1, 0.15) is 5.69 Å². The van der Waals surface area contributed by atoms with Crippen LogP contribution in [0.2, 0.25) is 0 Å². The second-order valence-corrected chi connectivity index (χ2v) is 7.71. The first kappa shape index (κ1) is 19.6. The molecule has 1 aromatic heterocycles. The van der Waals surface area contributed by atoms with E-state index in [1.807, 2.05) is 17.0 Å². The van der Waals surface area contributed by atoms with Gasteiger partial charge in [-0.1, -0.05) is 6.92 Å². The number of nitrogens with one attached hydrogen (secondary N) is 1. The van der Waals surface area contributed by atoms with Gasteiger partial charge in [0.15, 0.2) is 0 Å². The van der Waals surface area contributed by atoms with E-state index in [2.05, 4.69) is 44.1 Å². The molecule has 29 heavy (non-hydrogen) atoms. The maximum Gasteiger partial charge on any atom is 0.272 e. The zero-order valence-electron chi connectivity index (χ0n) is 17.2. The summed E-state index contributed by atoms with van der Waals surface area (Å²) in [5.74, 6) is 0.431. The van der Waals surface area contributed by atoms with Crippen molar-refractivity contribution in [1.29, 1.82) is 0 Å². The van der Waals surface area contributed by atoms with Crippen LogP contribution in [-0.4, -0.2) is 71.5 Å². The number of likely N-dealkylation sites (N-methyl/N-ethyl adjacent to an activating group) is 1. The predicted molar refractivity (Wildman–Crippen MR) is 116 cm³/mol. The minimum Gasteiger partial charge on any atom is -0.372 e. The first-order valence-corrected chi connectivity index (χ1v) is 10.7. The second-order valence-electron chi connectivity index (χ2n) is 7.71. The number of rotatable bonds is 5. The Labute approximate surface area is 172 Å². The van der Waals surface area contributed by atoms with Gasteiger partial charge in [-0.15, -0.1) is 0 Å². The quantitative estimate of drug-likeness (QED) is 0.841. The Hall–Kier alpha value is -2.67. The highest BCUT2D eigenvalue weighted by Gasteiger charge is 2.22. The molecule has 4 rings (SSSR count). The van der Waals surface area contributed by atoms with Crippen LogP contribution in [0.15, 0.2) is 36.5 Å². The van der Waals surface area contributed by atoms with Crippen LogP contribution in [0.4, 0.5) is 17.3 Å². The zero-order chi connectivity index (χ0) is 20.1. The second kappa shape index (κ2) is 9.22. The molecule has 0 atom stereocenters. The van der Waals surface area contributed by atoms with Crippen LogP contribution in [0, 0.1) is 0 Å². The molecule has 2 saturated heterocycles. The highest BCUT2D eigenvalue weighted by atomic mass is 16.2. The molecule has 3 heterocycles. The molecule has 2 aliphatic heterocycles. The van der Waals surface area contributed by atoms with E-state index in [1.54, 1.807) is 12.3 Å². The van der Waals surface area contributed by atoms with Crippen LogP contribution in [0.25, 0.3) is 0 Å². The molecule has 0 bridgehead atoms. The summed E-state index contributed by atoms with van der Waals surface area (Å²) in [5.41, 5.74) is 2.62. The third kappa shape index (κ3) is 4.85. The monoisotopic (exact) mass is 394 g/mol. The number of piperidine rings is 1. The molecular formula is C22H30N6O. The molecule has 0 saturated carbocycles. The van der Waals surface area contributed by atoms with Crippen molar-refractivity contribution in [2.75, 3.05) is 56.0 Å². The summed E-state index contributed by atoms with van der Waals surface area (Å²) in [7, 11) is 0. The SMILES string of the molecule is CCN1CCN(C(=O)c2ccnc(Nc3ccc(N4CCCCC4)cc3)n2)CC1. The molecule has 0 aliphatic carbocycles. The molecule has 2 fully saturated rings. The van der Waals surface area contributed by atoms with Crippen molar-refractivity contribution in [3.63, 3.8) is 0 Å². The number of nitrogens with zero attached hydrogens (tertiary/aromatic N) is 5. The number of hydrogen-bond donors (Lipinski definition) is 1. The van der Waals surface area contributed by atoms with E-state index in [1.165, 1.54) is 24.9 Å². The van der Waals surface area contributed by atoms with Gasteiger partial charge in [0.05, 0.1) is 0 Å². The lowest BCUT2D eigenvalue weighted by Gasteiger charge is -2.33. The van der Waals surface area contributed by atoms with Gasteiger partial charge >= 0.3 is 0 Å². The first-order chi connectivity index (χ1) is 14.2. The minimum atomic E-state index is -0.0216. The number of carbonyl (C=O) groups excluding carboxylic acids is 1. The highest BCUT2D eigenvalue weighted by Crippen LogP contribution is 2.23. The third-order valence-corrected chi connectivity index (χ3v) is 5.83. The van der Waals surface area contributed by atoms with E-state index in [0.29, 0.717) is 11.6 Å². The standard InChI is InChI=1S/C22H30N6O/c1-2-26-14-16-28(17-15-26)21(29)20-10-11-23-22(25-20)24-18-6-8-19(9-7-18)27-12-4-3-5-13-27/h6-11H,2-5,12-17H2,1H3,(H,23,24,25). The lowest BCUT2D eigenvalue weighted by atomic mass is 10.1. The van der Waals surface area contributed by atoms with Crippen LogP contribution in [0.1, 0.15) is 36.7 Å². The molecule has 0 unspecified atom stereocenters. The number of piperazine rings is 1. The average molecular weight is 395 g/mol. The predicted octanol–water partition coefficient (Wildman–Crippen LogP) is 2.99. The summed E-state index contributed by atoms with van der Waals surface area (Å²) in [6, 6.07) is 10.1. The maximum atomic E-state index is 12.8. The first-order valence-electron chi connectivity index (χ1n) is 10.7. The Balaban J connectivity index is 1.39. The van der Waals surface area contributed by atoms with Gasteiger partial charge < -0.3 is 20.0 Å². The van der Waals surface area contributed by atoms with E-state index < -0.39 is 0 Å². The Morgan fingerprint density at radius 2 is 1.69 bits per heavy atom. The van der Waals surface area contributed by atoms with Gasteiger partial charge in [-0.05, 0) is 56.1 Å². The van der Waals surface area contributed by atoms with Crippen LogP contribution in [-0.2, 0) is 0 Å². The van der Waals surface area contributed by atoms with E-state index in [-0.39, 0.29) is 5.91 Å². The minimum absolute atomic E-state index is 0.0216. The summed E-state index contributed by atoms with van der Waals surface area (Å²) in [4.78, 5) is 28.2. The van der Waals surface area contributed by atoms with Crippen molar-refractivity contribution in [3.8, 4) is 0 Å². The van der Waals surface area contributed by atoms with E-state index >= 15 is 0 Å². The normalized spacial score (nSPS) is 18.0. The fourth-order valence-corrected chi connectivity index (χ4v) is 4.00. The van der Waals surface area contributed by atoms with Crippen LogP contribution < -0.4 is 10.2 Å². The lowest BCUT2D eigenvalue weighted by Crippen LogP contribution is -2.48. The largest absolute Gasteiger partial charge is 0.372 e. The van der Waals surface area contributed by atoms with Crippen LogP contribution in [0.3, 0.4) is 0 Å². The number of hydrogen-bond acceptors (Lipinski definition) is 6. The Bertz CT molecular complexity index is 810. The van der Waals surface area contributed by atoms with Crippen LogP contribution >= 0.6 is 0 Å². The fraction of sp³-hybridized carbons (Fsp3) is 0.500. The summed E-state index contributed by atoms with van der Waals surface area (Å²) in [5, 5.41) is 3.23. The van der Waals surface area contributed by atoms with Crippen LogP contribution in [0.5, 0.6) is 0 Å². The smallest absolute Gasteiger partial charge is 0.272 e. The molecule has 2 aromatic rings. The summed E-state index contributed by atoms with van der Waals surface area (Å²) in [6.07, 6.45) is 5.51. The maximum absolute atomic E-state index is 12.8. The van der Waals surface area contributed by atoms with Crippen molar-refractivity contribution in [3.05, 3.63) is 42.2 Å². The van der Waals surface area contributed by atoms with Gasteiger partial charge in [0, 0.05) is 56.8 Å². The van der Waals surface area contributed by atoms with Gasteiger partial charge in [-0.25, -0.2) is 9.97 Å². The third-order valence-electron chi connectivity index (χ3n) is 5.83. The molecule has 154 valence electrons. The van der Waals surface area contributed by atoms with Gasteiger partial charge in [0.2, 0.25) is 5.95 Å². The van der Waals surface area contributed by atoms with Crippen molar-refractivity contribution >= 4 is 23.2 Å². The molecule has 0 radical (unpaired) electrons. The van der Waals surface area contributed by atoms with Crippen molar-refractivity contribution in [2.45, 2.75) is 26.2 Å². The fourth-order valence-electron chi connectivity index (χ4n) is 4.00. The Morgan fingerprint density at radius 1 is 0.966 bits per heavy atom. The average Bonchev–Trinajstić information content (AvgIpc) is 2.80. The summed E-state index contributed by atoms with van der Waals surface area (Å²) < 4.78 is 0. The van der Waals surface area contributed by atoms with Crippen molar-refractivity contribution < 1.29 is 4.79 Å². The molecule has 0 spiro atoms. The summed E-state index contributed by atoms with van der Waals surface area (Å²) in [6.45, 7) is 8.77. The molecular weight excluding hydrogens is 364 g/mol. The van der Waals surface area contributed by atoms with Gasteiger partial charge in [-0.3, -0.25) is 4.79 Å². The van der Waals surface area contributed by atoms with Crippen molar-refractivity contribution in [2.24, 2.45) is 0 Å². The summed E-state index contributed by atoms with van der Waals surface area (Å²) >= 11 is 0. The Morgan fingerprint density at radius 3 is 2.38 bits per heavy atom. The molecule has 1 N–H and O–H groups in total. The molecule has 1 amide bonds. The number of anilines is 3. The molecule has 1 aromatic carbocycles. The molecule has 7 heteroatoms. The zero-order valence-corrected chi connectivity index (χ0v) is 17.2. The van der Waals surface area contributed by atoms with Crippen molar-refractivity contribution in [1.82, 2.24) is 19.8 Å². The number of benzene rings is 1. The number of amides is 1. The highest BCUT2D eigenvalue weighted by molar-refractivity contribution is 5.92. The molecule has 7 nitrogen and oxygen atoms in total. The molecule has 2 aliphatic rings. The number of carbonyl (C=O) groups is 1. The number of aromatic nitrogens is 2. The van der Waals surface area contributed by atoms with E-state index in [9.17, 15) is 4.79 Å². The van der Waals surface area contributed by atoms with E-state index in [4.69, 9.17) is 0 Å². The van der Waals surface area contributed by atoms with E-state index in [0.717, 1.165) is 51.5 Å². The van der Waals surface area contributed by atoms with Gasteiger partial charge in [0.25, 0.3) is 5.91 Å². The lowest BCUT2D eigenvalue weighted by molar-refractivity contribution is 0.0637. The Kier molecular flexibility index (Phi) is 6.24. The topological polar surface area (TPSA) is 64.6 Å².